The molecule has 0 heterocycles. The van der Waals surface area contributed by atoms with Gasteiger partial charge in [-0.2, -0.15) is 0 Å². The molecule has 8 nitrogen and oxygen atoms in total. The zero-order valence-corrected chi connectivity index (χ0v) is 65.9. The van der Waals surface area contributed by atoms with Gasteiger partial charge >= 0.3 is 0 Å². The molecular weight excluding hydrogens is 1340 g/mol. The maximum atomic E-state index is 14.8. The third kappa shape index (κ3) is 14.7. The van der Waals surface area contributed by atoms with E-state index in [1.165, 1.54) is 50.1 Å². The highest BCUT2D eigenvalue weighted by Gasteiger charge is 2.60. The molecule has 0 unspecified atom stereocenters. The highest BCUT2D eigenvalue weighted by atomic mass is 35.5. The summed E-state index contributed by atoms with van der Waals surface area (Å²) < 4.78 is 24.8. The summed E-state index contributed by atoms with van der Waals surface area (Å²) >= 11 is 6.09. The number of hydrogen-bond acceptors (Lipinski definition) is 8. The lowest BCUT2D eigenvalue weighted by Gasteiger charge is -2.56. The summed E-state index contributed by atoms with van der Waals surface area (Å²) in [4.78, 5) is 54.3. The largest absolute Gasteiger partial charge is 0.489 e. The molecule has 0 spiro atoms. The van der Waals surface area contributed by atoms with E-state index in [0.29, 0.717) is 44.0 Å². The van der Waals surface area contributed by atoms with Crippen molar-refractivity contribution in [2.24, 2.45) is 45.3 Å². The molecule has 0 radical (unpaired) electrons. The van der Waals surface area contributed by atoms with Crippen molar-refractivity contribution in [3.8, 4) is 23.0 Å². The molecule has 560 valence electrons. The van der Waals surface area contributed by atoms with Crippen molar-refractivity contribution in [2.45, 2.75) is 245 Å². The number of fused-ring (bicyclic) bond motifs is 12. The summed E-state index contributed by atoms with van der Waals surface area (Å²) in [5.74, 6) is 5.42. The SMILES string of the molecule is CC(=O)[C@@]1(C)CCC[C@]2(C)c3cc(OCc4ccccc4)ccc3CC[C@@H]12.C[C@]1(C(=O)CC(=O)[C@@]2(C)CCC[C@]3(C)c4cc(OCc5ccccc5)ccc4CC[C@@H]23)CCC[C@]2(C)c3cc(OCc4ccccc4)ccc3CC[C@@H]12.C[C@]1(C(=O)Cl)CCC[C@]2(C)c3cc(OCc4ccccc4)ccc3CC[C@@H]12. The lowest BCUT2D eigenvalue weighted by Crippen LogP contribution is -2.55. The average Bonchev–Trinajstić information content (AvgIpc) is 0.739. The Morgan fingerprint density at radius 3 is 0.832 bits per heavy atom. The normalized spacial score (nSPS) is 29.9. The fourth-order valence-corrected chi connectivity index (χ4v) is 23.2. The standard InChI is InChI=1S/C49H56O4.C25H30O2.C24H27ClO2/c1-46-25-11-27-48(3,42(46)23-19-36-17-21-38(29-40(36)46)52-32-34-13-7-5-8-14-34)44(50)31-45(51)49(4)28-12-26-47(2)41-30-39(22-18-37(41)20-24-43(47)49)53-33-35-15-9-6-10-16-35;1-18(26)24(2)14-7-15-25(3)22-16-21(12-10-20(22)11-13-23(24)25)27-17-19-8-5-4-6-9-19;1-23-13-6-14-24(2,22(25)26)21(23)12-10-18-9-11-19(15-20(18)23)27-16-17-7-4-3-5-8-17/h5-10,13-18,21-22,29-30,42-43H,11-12,19-20,23-28,31-33H2,1-4H3;4-6,8-10,12,16,23H,7,11,13-15,17H2,1-3H3;3-5,7-9,11,15,21H,6,10,12-14,16H2,1-2H3/t42-,43-,46-,47-,48+,49+;23-,24+,25+;21-,23-,24+/m101/s1. The van der Waals surface area contributed by atoms with E-state index in [0.717, 1.165) is 168 Å². The highest BCUT2D eigenvalue weighted by Crippen LogP contribution is 2.63. The van der Waals surface area contributed by atoms with E-state index in [1.807, 2.05) is 72.8 Å². The molecule has 0 N–H and O–H groups in total. The van der Waals surface area contributed by atoms with E-state index < -0.39 is 16.2 Å². The second-order valence-corrected chi connectivity index (χ2v) is 35.7. The maximum absolute atomic E-state index is 14.8. The van der Waals surface area contributed by atoms with Gasteiger partial charge in [0.15, 0.2) is 0 Å². The Labute approximate surface area is 642 Å². The van der Waals surface area contributed by atoms with E-state index in [-0.39, 0.29) is 62.1 Å². The highest BCUT2D eigenvalue weighted by molar-refractivity contribution is 6.64. The van der Waals surface area contributed by atoms with E-state index in [9.17, 15) is 19.2 Å². The predicted molar refractivity (Wildman–Crippen MR) is 430 cm³/mol. The molecule has 4 fully saturated rings. The van der Waals surface area contributed by atoms with Crippen LogP contribution in [0.5, 0.6) is 23.0 Å². The van der Waals surface area contributed by atoms with Crippen LogP contribution in [0, 0.1) is 45.3 Å². The van der Waals surface area contributed by atoms with Crippen molar-refractivity contribution in [3.05, 3.63) is 261 Å². The first kappa shape index (κ1) is 75.7. The zero-order chi connectivity index (χ0) is 75.0. The molecule has 0 amide bonds. The first-order valence-electron chi connectivity index (χ1n) is 40.4. The first-order chi connectivity index (χ1) is 51.4. The Morgan fingerprint density at radius 1 is 0.327 bits per heavy atom. The van der Waals surface area contributed by atoms with Crippen LogP contribution in [0.4, 0.5) is 0 Å². The second kappa shape index (κ2) is 30.8. The summed E-state index contributed by atoms with van der Waals surface area (Å²) in [6, 6.07) is 67.5. The molecule has 0 aliphatic heterocycles. The van der Waals surface area contributed by atoms with E-state index in [4.69, 9.17) is 30.5 Å². The Morgan fingerprint density at radius 2 is 0.570 bits per heavy atom. The van der Waals surface area contributed by atoms with Gasteiger partial charge in [-0.25, -0.2) is 0 Å². The van der Waals surface area contributed by atoms with Gasteiger partial charge in [0.1, 0.15) is 66.8 Å². The minimum atomic E-state index is -0.528. The summed E-state index contributed by atoms with van der Waals surface area (Å²) in [5, 5.41) is -0.168. The number of aryl methyl sites for hydroxylation is 4. The summed E-state index contributed by atoms with van der Waals surface area (Å²) in [6.07, 6.45) is 20.3. The fraction of sp³-hybridized carbons (Fsp3) is 0.469. The smallest absolute Gasteiger partial charge is 0.227 e. The molecule has 9 heteroatoms. The molecule has 8 aromatic rings. The Kier molecular flexibility index (Phi) is 21.8. The molecule has 0 aromatic heterocycles. The number of carbonyl (C=O) groups excluding carboxylic acids is 4. The number of carbonyl (C=O) groups is 4. The fourth-order valence-electron chi connectivity index (χ4n) is 23.0. The number of ether oxygens (including phenoxy) is 4. The molecule has 12 atom stereocenters. The molecule has 0 bridgehead atoms. The number of rotatable bonds is 18. The summed E-state index contributed by atoms with van der Waals surface area (Å²) in [6.45, 7) is 22.2. The number of ketones is 3. The van der Waals surface area contributed by atoms with Gasteiger partial charge in [0.2, 0.25) is 5.24 Å². The van der Waals surface area contributed by atoms with Crippen molar-refractivity contribution in [2.75, 3.05) is 0 Å². The van der Waals surface area contributed by atoms with Gasteiger partial charge in [-0.3, -0.25) is 19.2 Å². The third-order valence-electron chi connectivity index (χ3n) is 29.2. The predicted octanol–water partition coefficient (Wildman–Crippen LogP) is 23.0. The van der Waals surface area contributed by atoms with Crippen LogP contribution in [0.25, 0.3) is 0 Å². The number of halogens is 1. The van der Waals surface area contributed by atoms with Crippen LogP contribution in [-0.4, -0.2) is 22.6 Å². The molecule has 8 aliphatic rings. The van der Waals surface area contributed by atoms with Crippen LogP contribution in [0.2, 0.25) is 0 Å². The van der Waals surface area contributed by atoms with Gasteiger partial charge in [0, 0.05) is 21.7 Å². The number of Topliss-reactive ketones (excluding diaryl/α,β-unsaturated/α-hetero) is 3. The van der Waals surface area contributed by atoms with Crippen molar-refractivity contribution < 1.29 is 38.1 Å². The van der Waals surface area contributed by atoms with Crippen molar-refractivity contribution >= 4 is 34.2 Å². The molecule has 4 saturated carbocycles. The topological polar surface area (TPSA) is 105 Å². The van der Waals surface area contributed by atoms with E-state index in [1.54, 1.807) is 6.92 Å². The third-order valence-corrected chi connectivity index (χ3v) is 29.6. The van der Waals surface area contributed by atoms with Crippen molar-refractivity contribution in [1.29, 1.82) is 0 Å². The molecule has 107 heavy (non-hydrogen) atoms. The Balaban J connectivity index is 0.000000149. The molecule has 0 saturated heterocycles. The molecule has 16 rings (SSSR count). The van der Waals surface area contributed by atoms with Crippen molar-refractivity contribution in [1.82, 2.24) is 0 Å². The minimum Gasteiger partial charge on any atom is -0.489 e. The average molecular weight is 1450 g/mol. The van der Waals surface area contributed by atoms with Crippen LogP contribution in [0.15, 0.2) is 194 Å². The van der Waals surface area contributed by atoms with Gasteiger partial charge in [-0.15, -0.1) is 0 Å². The van der Waals surface area contributed by atoms with Gasteiger partial charge in [-0.05, 0) is 282 Å². The molecule has 8 aliphatic carbocycles. The maximum Gasteiger partial charge on any atom is 0.227 e. The monoisotopic (exact) mass is 1450 g/mol. The second-order valence-electron chi connectivity index (χ2n) is 35.3. The molecular formula is C98H113ClO8. The number of hydrogen-bond donors (Lipinski definition) is 0. The van der Waals surface area contributed by atoms with Crippen LogP contribution >= 0.6 is 11.6 Å². The lowest BCUT2D eigenvalue weighted by molar-refractivity contribution is -0.146. The van der Waals surface area contributed by atoms with E-state index >= 15 is 0 Å². The van der Waals surface area contributed by atoms with E-state index in [2.05, 4.69) is 177 Å². The first-order valence-corrected chi connectivity index (χ1v) is 40.8. The van der Waals surface area contributed by atoms with Crippen LogP contribution in [-0.2, 0) is 92.9 Å². The zero-order valence-electron chi connectivity index (χ0n) is 65.1. The molecule has 8 aromatic carbocycles. The van der Waals surface area contributed by atoms with Crippen LogP contribution in [0.3, 0.4) is 0 Å². The van der Waals surface area contributed by atoms with Crippen LogP contribution < -0.4 is 18.9 Å². The summed E-state index contributed by atoms with van der Waals surface area (Å²) in [5.41, 5.74) is 13.8. The van der Waals surface area contributed by atoms with Crippen LogP contribution in [0.1, 0.15) is 238 Å². The minimum absolute atomic E-state index is 0.0166. The lowest BCUT2D eigenvalue weighted by atomic mass is 9.47. The number of benzene rings is 8. The van der Waals surface area contributed by atoms with Gasteiger partial charge in [-0.1, -0.05) is 227 Å². The summed E-state index contributed by atoms with van der Waals surface area (Å²) in [7, 11) is 0. The van der Waals surface area contributed by atoms with Crippen molar-refractivity contribution in [3.63, 3.8) is 0 Å². The Bertz CT molecular complexity index is 4250. The van der Waals surface area contributed by atoms with Gasteiger partial charge in [0.25, 0.3) is 0 Å². The Hall–Kier alpha value is -8.07. The van der Waals surface area contributed by atoms with Gasteiger partial charge in [0.05, 0.1) is 6.42 Å². The quantitative estimate of drug-likeness (QED) is 0.0618. The van der Waals surface area contributed by atoms with Gasteiger partial charge < -0.3 is 18.9 Å².